The number of rotatable bonds is 4. The number of amides is 2. The minimum Gasteiger partial charge on any atom is -0.444 e. The minimum absolute atomic E-state index is 0.121. The van der Waals surface area contributed by atoms with E-state index in [1.807, 2.05) is 6.92 Å². The number of nitrogens with zero attached hydrogens (tertiary/aromatic N) is 2. The summed E-state index contributed by atoms with van der Waals surface area (Å²) < 4.78 is 7.05. The molecule has 2 heterocycles. The molecule has 2 aromatic rings. The van der Waals surface area contributed by atoms with Crippen molar-refractivity contribution in [1.29, 1.82) is 0 Å². The second kappa shape index (κ2) is 5.49. The molecule has 0 aromatic carbocycles. The lowest BCUT2D eigenvalue weighted by Gasteiger charge is -2.05. The number of hydrogen-bond acceptors (Lipinski definition) is 4. The van der Waals surface area contributed by atoms with E-state index in [2.05, 4.69) is 26.3 Å². The third-order valence-corrected chi connectivity index (χ3v) is 3.12. The Hall–Kier alpha value is -2.09. The molecule has 0 radical (unpaired) electrons. The molecule has 2 rings (SSSR count). The van der Waals surface area contributed by atoms with Gasteiger partial charge in [0.25, 0.3) is 11.8 Å². The van der Waals surface area contributed by atoms with Crippen LogP contribution in [0.4, 0.5) is 5.69 Å². The lowest BCUT2D eigenvalue weighted by Crippen LogP contribution is -2.21. The Morgan fingerprint density at radius 3 is 2.70 bits per heavy atom. The van der Waals surface area contributed by atoms with Gasteiger partial charge in [-0.15, -0.1) is 0 Å². The summed E-state index contributed by atoms with van der Waals surface area (Å²) in [4.78, 5) is 23.6. The van der Waals surface area contributed by atoms with E-state index in [9.17, 15) is 9.59 Å². The predicted octanol–water partition coefficient (Wildman–Crippen LogP) is 1.92. The number of carbonyl (C=O) groups is 2. The van der Waals surface area contributed by atoms with Crippen LogP contribution in [0.25, 0.3) is 0 Å². The molecule has 0 bridgehead atoms. The zero-order chi connectivity index (χ0) is 14.9. The van der Waals surface area contributed by atoms with Gasteiger partial charge in [-0.2, -0.15) is 5.10 Å². The van der Waals surface area contributed by atoms with E-state index in [-0.39, 0.29) is 11.5 Å². The maximum Gasteiger partial charge on any atom is 0.291 e. The molecule has 8 heteroatoms. The summed E-state index contributed by atoms with van der Waals surface area (Å²) >= 11 is 3.12. The molecule has 0 aliphatic rings. The summed E-state index contributed by atoms with van der Waals surface area (Å²) in [5, 5.41) is 6.77. The number of primary amides is 1. The third kappa shape index (κ3) is 2.60. The summed E-state index contributed by atoms with van der Waals surface area (Å²) in [6, 6.07) is 3.12. The van der Waals surface area contributed by atoms with Crippen LogP contribution in [0, 0.1) is 6.92 Å². The standard InChI is InChI=1S/C12H13BrN4O3/c1-3-17-10(11(14)18)9(6(2)16-17)15-12(19)7-4-5-8(13)20-7/h4-5H,3H2,1-2H3,(H2,14,18)(H,15,19). The van der Waals surface area contributed by atoms with E-state index >= 15 is 0 Å². The first-order valence-corrected chi connectivity index (χ1v) is 6.67. The minimum atomic E-state index is -0.650. The summed E-state index contributed by atoms with van der Waals surface area (Å²) in [5.41, 5.74) is 6.33. The van der Waals surface area contributed by atoms with Crippen LogP contribution in [0.3, 0.4) is 0 Å². The van der Waals surface area contributed by atoms with E-state index in [1.54, 1.807) is 13.0 Å². The zero-order valence-corrected chi connectivity index (χ0v) is 12.5. The predicted molar refractivity (Wildman–Crippen MR) is 75.5 cm³/mol. The van der Waals surface area contributed by atoms with E-state index in [4.69, 9.17) is 10.2 Å². The van der Waals surface area contributed by atoms with E-state index < -0.39 is 11.8 Å². The monoisotopic (exact) mass is 340 g/mol. The van der Waals surface area contributed by atoms with Crippen molar-refractivity contribution in [2.24, 2.45) is 5.73 Å². The van der Waals surface area contributed by atoms with Gasteiger partial charge in [-0.05, 0) is 41.9 Å². The second-order valence-electron chi connectivity index (χ2n) is 4.05. The van der Waals surface area contributed by atoms with Gasteiger partial charge in [0, 0.05) is 6.54 Å². The van der Waals surface area contributed by atoms with Gasteiger partial charge in [0.1, 0.15) is 5.69 Å². The van der Waals surface area contributed by atoms with Crippen LogP contribution in [0.15, 0.2) is 21.2 Å². The fraction of sp³-hybridized carbons (Fsp3) is 0.250. The van der Waals surface area contributed by atoms with Crippen molar-refractivity contribution < 1.29 is 14.0 Å². The van der Waals surface area contributed by atoms with E-state index in [0.717, 1.165) is 0 Å². The molecule has 2 aromatic heterocycles. The first kappa shape index (κ1) is 14.3. The van der Waals surface area contributed by atoms with Gasteiger partial charge >= 0.3 is 0 Å². The van der Waals surface area contributed by atoms with E-state index in [1.165, 1.54) is 10.7 Å². The highest BCUT2D eigenvalue weighted by molar-refractivity contribution is 9.10. The number of aromatic nitrogens is 2. The second-order valence-corrected chi connectivity index (χ2v) is 4.83. The Morgan fingerprint density at radius 1 is 1.50 bits per heavy atom. The van der Waals surface area contributed by atoms with Gasteiger partial charge in [-0.25, -0.2) is 0 Å². The fourth-order valence-corrected chi connectivity index (χ4v) is 2.13. The first-order valence-electron chi connectivity index (χ1n) is 5.88. The Labute approximate surface area is 123 Å². The number of hydrogen-bond donors (Lipinski definition) is 2. The molecule has 3 N–H and O–H groups in total. The van der Waals surface area contributed by atoms with Crippen LogP contribution in [-0.2, 0) is 6.54 Å². The summed E-state index contributed by atoms with van der Waals surface area (Å²) in [6.45, 7) is 3.99. The average molecular weight is 341 g/mol. The molecule has 0 saturated heterocycles. The van der Waals surface area contributed by atoms with Crippen molar-refractivity contribution in [3.8, 4) is 0 Å². The van der Waals surface area contributed by atoms with Gasteiger partial charge in [-0.1, -0.05) is 0 Å². The number of carbonyl (C=O) groups excluding carboxylic acids is 2. The van der Waals surface area contributed by atoms with Crippen LogP contribution in [0.1, 0.15) is 33.7 Å². The number of nitrogens with one attached hydrogen (secondary N) is 1. The Bertz CT molecular complexity index is 674. The largest absolute Gasteiger partial charge is 0.444 e. The van der Waals surface area contributed by atoms with Crippen molar-refractivity contribution in [2.45, 2.75) is 20.4 Å². The number of aryl methyl sites for hydroxylation is 2. The topological polar surface area (TPSA) is 103 Å². The highest BCUT2D eigenvalue weighted by Gasteiger charge is 2.22. The molecule has 0 saturated carbocycles. The van der Waals surface area contributed by atoms with Crippen LogP contribution >= 0.6 is 15.9 Å². The van der Waals surface area contributed by atoms with Crippen LogP contribution in [0.2, 0.25) is 0 Å². The smallest absolute Gasteiger partial charge is 0.291 e. The van der Waals surface area contributed by atoms with Crippen molar-refractivity contribution in [1.82, 2.24) is 9.78 Å². The molecule has 7 nitrogen and oxygen atoms in total. The molecule has 20 heavy (non-hydrogen) atoms. The Kier molecular flexibility index (Phi) is 3.93. The Morgan fingerprint density at radius 2 is 2.20 bits per heavy atom. The number of anilines is 1. The van der Waals surface area contributed by atoms with Gasteiger partial charge in [-0.3, -0.25) is 14.3 Å². The van der Waals surface area contributed by atoms with Gasteiger partial charge in [0.2, 0.25) is 0 Å². The number of nitrogens with two attached hydrogens (primary N) is 1. The van der Waals surface area contributed by atoms with Crippen LogP contribution in [-0.4, -0.2) is 21.6 Å². The molecule has 0 unspecified atom stereocenters. The van der Waals surface area contributed by atoms with Crippen molar-refractivity contribution in [3.63, 3.8) is 0 Å². The highest BCUT2D eigenvalue weighted by Crippen LogP contribution is 2.22. The number of furan rings is 1. The normalized spacial score (nSPS) is 10.6. The van der Waals surface area contributed by atoms with E-state index in [0.29, 0.717) is 22.6 Å². The SMILES string of the molecule is CCn1nc(C)c(NC(=O)c2ccc(Br)o2)c1C(N)=O. The molecule has 2 amide bonds. The zero-order valence-electron chi connectivity index (χ0n) is 10.9. The lowest BCUT2D eigenvalue weighted by atomic mass is 10.2. The fourth-order valence-electron chi connectivity index (χ4n) is 1.82. The van der Waals surface area contributed by atoms with Crippen molar-refractivity contribution in [2.75, 3.05) is 5.32 Å². The van der Waals surface area contributed by atoms with Crippen molar-refractivity contribution >= 4 is 33.4 Å². The summed E-state index contributed by atoms with van der Waals surface area (Å²) in [5.74, 6) is -1.00. The summed E-state index contributed by atoms with van der Waals surface area (Å²) in [7, 11) is 0. The van der Waals surface area contributed by atoms with Crippen molar-refractivity contribution in [3.05, 3.63) is 34.0 Å². The maximum absolute atomic E-state index is 12.0. The molecule has 0 fully saturated rings. The van der Waals surface area contributed by atoms with Gasteiger partial charge in [0.05, 0.1) is 11.4 Å². The van der Waals surface area contributed by atoms with Gasteiger partial charge in [0.15, 0.2) is 10.4 Å². The highest BCUT2D eigenvalue weighted by atomic mass is 79.9. The molecule has 0 atom stereocenters. The average Bonchev–Trinajstić information content (AvgIpc) is 2.94. The molecular formula is C12H13BrN4O3. The molecule has 106 valence electrons. The number of halogens is 1. The van der Waals surface area contributed by atoms with Crippen LogP contribution in [0.5, 0.6) is 0 Å². The molecule has 0 spiro atoms. The quantitative estimate of drug-likeness (QED) is 0.887. The maximum atomic E-state index is 12.0. The third-order valence-electron chi connectivity index (χ3n) is 2.70. The lowest BCUT2D eigenvalue weighted by molar-refractivity contribution is 0.0991. The molecular weight excluding hydrogens is 328 g/mol. The first-order chi connectivity index (χ1) is 9.43. The van der Waals surface area contributed by atoms with Gasteiger partial charge < -0.3 is 15.5 Å². The Balaban J connectivity index is 2.36. The van der Waals surface area contributed by atoms with Crippen LogP contribution < -0.4 is 11.1 Å². The molecule has 0 aliphatic heterocycles. The molecule has 0 aliphatic carbocycles. The summed E-state index contributed by atoms with van der Waals surface area (Å²) in [6.07, 6.45) is 0.